The smallest absolute Gasteiger partial charge is 0.340 e. The summed E-state index contributed by atoms with van der Waals surface area (Å²) in [5, 5.41) is 10.5. The number of halogens is 2. The SMILES string of the molecule is O=C(COC(=O)c1ccccc1NC(=O)c1ccsc1)NCC(=O)Nc1ccc(F)c(F)c1. The van der Waals surface area contributed by atoms with Crippen LogP contribution in [0.3, 0.4) is 0 Å². The molecule has 0 radical (unpaired) electrons. The molecule has 170 valence electrons. The lowest BCUT2D eigenvalue weighted by atomic mass is 10.1. The molecule has 3 aromatic rings. The highest BCUT2D eigenvalue weighted by molar-refractivity contribution is 7.08. The molecule has 3 amide bonds. The lowest BCUT2D eigenvalue weighted by Gasteiger charge is -2.11. The zero-order valence-corrected chi connectivity index (χ0v) is 17.7. The number of rotatable bonds is 8. The van der Waals surface area contributed by atoms with Gasteiger partial charge in [-0.15, -0.1) is 0 Å². The number of hydrogen-bond acceptors (Lipinski definition) is 6. The van der Waals surface area contributed by atoms with E-state index < -0.39 is 48.5 Å². The van der Waals surface area contributed by atoms with E-state index in [2.05, 4.69) is 16.0 Å². The first-order chi connectivity index (χ1) is 15.8. The van der Waals surface area contributed by atoms with E-state index >= 15 is 0 Å². The second-order valence-electron chi connectivity index (χ2n) is 6.54. The summed E-state index contributed by atoms with van der Waals surface area (Å²) in [5.74, 6) is -4.89. The molecule has 0 aliphatic rings. The molecule has 0 aliphatic heterocycles. The van der Waals surface area contributed by atoms with E-state index in [1.165, 1.54) is 23.5 Å². The number of ether oxygens (including phenoxy) is 1. The molecule has 1 heterocycles. The molecule has 0 bridgehead atoms. The molecule has 8 nitrogen and oxygen atoms in total. The summed E-state index contributed by atoms with van der Waals surface area (Å²) in [5.41, 5.74) is 0.708. The second-order valence-corrected chi connectivity index (χ2v) is 7.32. The van der Waals surface area contributed by atoms with Crippen LogP contribution in [0.15, 0.2) is 59.3 Å². The third-order valence-electron chi connectivity index (χ3n) is 4.16. The van der Waals surface area contributed by atoms with Crippen molar-refractivity contribution in [3.05, 3.63) is 82.1 Å². The van der Waals surface area contributed by atoms with Crippen LogP contribution in [-0.4, -0.2) is 36.8 Å². The highest BCUT2D eigenvalue weighted by Crippen LogP contribution is 2.18. The summed E-state index contributed by atoms with van der Waals surface area (Å²) >= 11 is 1.35. The van der Waals surface area contributed by atoms with Crippen LogP contribution in [0.1, 0.15) is 20.7 Å². The standard InChI is InChI=1S/C22H17F2N3O5S/c23-16-6-5-14(9-17(16)24)26-19(28)10-25-20(29)11-32-22(31)15-3-1-2-4-18(15)27-21(30)13-7-8-33-12-13/h1-9,12H,10-11H2,(H,25,29)(H,26,28)(H,27,30). The van der Waals surface area contributed by atoms with Gasteiger partial charge in [-0.25, -0.2) is 13.6 Å². The van der Waals surface area contributed by atoms with Gasteiger partial charge in [-0.1, -0.05) is 12.1 Å². The molecule has 3 rings (SSSR count). The minimum atomic E-state index is -1.13. The fraction of sp³-hybridized carbons (Fsp3) is 0.0909. The molecule has 33 heavy (non-hydrogen) atoms. The Hall–Kier alpha value is -4.12. The Kier molecular flexibility index (Phi) is 7.82. The zero-order chi connectivity index (χ0) is 23.8. The Labute approximate surface area is 190 Å². The number of amides is 3. The number of benzene rings is 2. The molecule has 0 saturated heterocycles. The Morgan fingerprint density at radius 2 is 1.70 bits per heavy atom. The molecule has 2 aromatic carbocycles. The number of anilines is 2. The maximum Gasteiger partial charge on any atom is 0.340 e. The fourth-order valence-corrected chi connectivity index (χ4v) is 3.21. The van der Waals surface area contributed by atoms with Gasteiger partial charge in [0.1, 0.15) is 0 Å². The van der Waals surface area contributed by atoms with E-state index in [1.807, 2.05) is 0 Å². The van der Waals surface area contributed by atoms with Crippen molar-refractivity contribution in [2.24, 2.45) is 0 Å². The summed E-state index contributed by atoms with van der Waals surface area (Å²) in [6.07, 6.45) is 0. The first-order valence-corrected chi connectivity index (χ1v) is 10.4. The van der Waals surface area contributed by atoms with Gasteiger partial charge >= 0.3 is 5.97 Å². The summed E-state index contributed by atoms with van der Waals surface area (Å²) < 4.78 is 31.0. The maximum atomic E-state index is 13.2. The monoisotopic (exact) mass is 473 g/mol. The number of thiophene rings is 1. The van der Waals surface area contributed by atoms with Crippen LogP contribution in [0.2, 0.25) is 0 Å². The Morgan fingerprint density at radius 3 is 2.42 bits per heavy atom. The Bertz CT molecular complexity index is 1180. The Balaban J connectivity index is 1.48. The van der Waals surface area contributed by atoms with Crippen molar-refractivity contribution < 1.29 is 32.7 Å². The number of carbonyl (C=O) groups excluding carboxylic acids is 4. The minimum absolute atomic E-state index is 0.0145. The van der Waals surface area contributed by atoms with Crippen LogP contribution in [0.5, 0.6) is 0 Å². The summed E-state index contributed by atoms with van der Waals surface area (Å²) in [6.45, 7) is -1.16. The van der Waals surface area contributed by atoms with E-state index in [0.717, 1.165) is 18.2 Å². The van der Waals surface area contributed by atoms with Crippen molar-refractivity contribution in [1.29, 1.82) is 0 Å². The predicted molar refractivity (Wildman–Crippen MR) is 117 cm³/mol. The quantitative estimate of drug-likeness (QED) is 0.435. The molecular weight excluding hydrogens is 456 g/mol. The fourth-order valence-electron chi connectivity index (χ4n) is 2.58. The van der Waals surface area contributed by atoms with Gasteiger partial charge in [0, 0.05) is 17.1 Å². The average Bonchev–Trinajstić information content (AvgIpc) is 3.34. The van der Waals surface area contributed by atoms with Crippen LogP contribution >= 0.6 is 11.3 Å². The van der Waals surface area contributed by atoms with Gasteiger partial charge in [-0.2, -0.15) is 11.3 Å². The number of carbonyl (C=O) groups is 4. The van der Waals surface area contributed by atoms with Gasteiger partial charge < -0.3 is 20.7 Å². The van der Waals surface area contributed by atoms with Crippen LogP contribution in [-0.2, 0) is 14.3 Å². The number of para-hydroxylation sites is 1. The van der Waals surface area contributed by atoms with Crippen molar-refractivity contribution in [3.8, 4) is 0 Å². The van der Waals surface area contributed by atoms with Gasteiger partial charge in [-0.3, -0.25) is 14.4 Å². The summed E-state index contributed by atoms with van der Waals surface area (Å²) in [4.78, 5) is 48.3. The molecule has 0 atom stereocenters. The Morgan fingerprint density at radius 1 is 0.909 bits per heavy atom. The summed E-state index contributed by atoms with van der Waals surface area (Å²) in [7, 11) is 0. The van der Waals surface area contributed by atoms with Gasteiger partial charge in [0.2, 0.25) is 5.91 Å². The molecule has 0 spiro atoms. The lowest BCUT2D eigenvalue weighted by Crippen LogP contribution is -2.35. The zero-order valence-electron chi connectivity index (χ0n) is 16.9. The van der Waals surface area contributed by atoms with Crippen LogP contribution in [0.25, 0.3) is 0 Å². The first kappa shape index (κ1) is 23.5. The van der Waals surface area contributed by atoms with Crippen LogP contribution < -0.4 is 16.0 Å². The van der Waals surface area contributed by atoms with Crippen LogP contribution in [0.4, 0.5) is 20.2 Å². The van der Waals surface area contributed by atoms with Gasteiger partial charge in [0.15, 0.2) is 18.2 Å². The van der Waals surface area contributed by atoms with Crippen molar-refractivity contribution >= 4 is 46.4 Å². The van der Waals surface area contributed by atoms with Gasteiger partial charge in [0.05, 0.1) is 23.4 Å². The van der Waals surface area contributed by atoms with Crippen molar-refractivity contribution in [3.63, 3.8) is 0 Å². The van der Waals surface area contributed by atoms with Crippen molar-refractivity contribution in [2.75, 3.05) is 23.8 Å². The van der Waals surface area contributed by atoms with E-state index in [0.29, 0.717) is 5.56 Å². The molecule has 3 N–H and O–H groups in total. The normalized spacial score (nSPS) is 10.2. The number of esters is 1. The highest BCUT2D eigenvalue weighted by Gasteiger charge is 2.17. The molecule has 11 heteroatoms. The third-order valence-corrected chi connectivity index (χ3v) is 4.85. The molecule has 0 aliphatic carbocycles. The molecule has 0 fully saturated rings. The number of nitrogens with one attached hydrogen (secondary N) is 3. The van der Waals surface area contributed by atoms with Crippen LogP contribution in [0, 0.1) is 11.6 Å². The topological polar surface area (TPSA) is 114 Å². The van der Waals surface area contributed by atoms with E-state index in [4.69, 9.17) is 4.74 Å². The number of hydrogen-bond donors (Lipinski definition) is 3. The third kappa shape index (κ3) is 6.68. The van der Waals surface area contributed by atoms with E-state index in [1.54, 1.807) is 29.0 Å². The minimum Gasteiger partial charge on any atom is -0.452 e. The largest absolute Gasteiger partial charge is 0.452 e. The molecule has 0 unspecified atom stereocenters. The van der Waals surface area contributed by atoms with E-state index in [9.17, 15) is 28.0 Å². The van der Waals surface area contributed by atoms with E-state index in [-0.39, 0.29) is 16.9 Å². The maximum absolute atomic E-state index is 13.2. The molecule has 1 aromatic heterocycles. The van der Waals surface area contributed by atoms with Crippen molar-refractivity contribution in [2.45, 2.75) is 0 Å². The summed E-state index contributed by atoms with van der Waals surface area (Å²) in [6, 6.07) is 10.6. The molecule has 0 saturated carbocycles. The van der Waals surface area contributed by atoms with Gasteiger partial charge in [0.25, 0.3) is 11.8 Å². The molecular formula is C22H17F2N3O5S. The second kappa shape index (κ2) is 11.0. The van der Waals surface area contributed by atoms with Gasteiger partial charge in [-0.05, 0) is 35.7 Å². The highest BCUT2D eigenvalue weighted by atomic mass is 32.1. The predicted octanol–water partition coefficient (Wildman–Crippen LogP) is 3.19. The average molecular weight is 473 g/mol. The van der Waals surface area contributed by atoms with Crippen molar-refractivity contribution in [1.82, 2.24) is 5.32 Å². The lowest BCUT2D eigenvalue weighted by molar-refractivity contribution is -0.126. The first-order valence-electron chi connectivity index (χ1n) is 9.45.